The van der Waals surface area contributed by atoms with Crippen molar-refractivity contribution in [1.82, 2.24) is 4.90 Å². The van der Waals surface area contributed by atoms with Crippen molar-refractivity contribution in [3.63, 3.8) is 0 Å². The zero-order valence-electron chi connectivity index (χ0n) is 11.9. The molecule has 0 saturated carbocycles. The van der Waals surface area contributed by atoms with Crippen LogP contribution in [0.5, 0.6) is 0 Å². The highest BCUT2D eigenvalue weighted by molar-refractivity contribution is 5.72. The average molecular weight is 299 g/mol. The number of benzene rings is 1. The topological polar surface area (TPSA) is 49.8 Å². The first-order chi connectivity index (χ1) is 10.0. The minimum atomic E-state index is -1.26. The van der Waals surface area contributed by atoms with Gasteiger partial charge >= 0.3 is 5.97 Å². The van der Waals surface area contributed by atoms with E-state index in [0.717, 1.165) is 25.0 Å². The Morgan fingerprint density at radius 2 is 2.14 bits per heavy atom. The number of carbonyl (C=O) groups excluding carboxylic acids is 1. The summed E-state index contributed by atoms with van der Waals surface area (Å²) >= 11 is 0. The van der Waals surface area contributed by atoms with Crippen LogP contribution in [0.4, 0.5) is 8.78 Å². The molecule has 0 radical (unpaired) electrons. The van der Waals surface area contributed by atoms with E-state index in [0.29, 0.717) is 13.1 Å². The van der Waals surface area contributed by atoms with Crippen LogP contribution < -0.4 is 0 Å². The third kappa shape index (κ3) is 3.77. The van der Waals surface area contributed by atoms with Gasteiger partial charge in [0.25, 0.3) is 0 Å². The molecule has 1 aromatic carbocycles. The molecule has 1 N–H and O–H groups in total. The third-order valence-corrected chi connectivity index (χ3v) is 3.80. The number of halogens is 2. The van der Waals surface area contributed by atoms with E-state index < -0.39 is 17.7 Å². The van der Waals surface area contributed by atoms with Gasteiger partial charge in [0, 0.05) is 13.1 Å². The van der Waals surface area contributed by atoms with E-state index >= 15 is 0 Å². The maximum absolute atomic E-state index is 13.6. The Hall–Kier alpha value is -1.53. The Labute approximate surface area is 122 Å². The summed E-state index contributed by atoms with van der Waals surface area (Å²) in [6.07, 6.45) is 0.252. The molecule has 0 spiro atoms. The number of methoxy groups -OCH3 is 1. The molecule has 21 heavy (non-hydrogen) atoms. The highest BCUT2D eigenvalue weighted by Gasteiger charge is 2.28. The van der Waals surface area contributed by atoms with Gasteiger partial charge in [-0.3, -0.25) is 9.69 Å². The normalized spacial score (nSPS) is 21.0. The van der Waals surface area contributed by atoms with Gasteiger partial charge in [0.15, 0.2) is 0 Å². The number of rotatable bonds is 4. The zero-order valence-corrected chi connectivity index (χ0v) is 11.9. The fourth-order valence-corrected chi connectivity index (χ4v) is 2.75. The first kappa shape index (κ1) is 15.9. The number of hydrogen-bond donors (Lipinski definition) is 1. The van der Waals surface area contributed by atoms with Crippen molar-refractivity contribution < 1.29 is 23.4 Å². The Kier molecular flexibility index (Phi) is 5.25. The second kappa shape index (κ2) is 6.95. The molecule has 2 rings (SSSR count). The van der Waals surface area contributed by atoms with Gasteiger partial charge in [-0.1, -0.05) is 6.07 Å². The number of hydrogen-bond acceptors (Lipinski definition) is 4. The maximum atomic E-state index is 13.6. The summed E-state index contributed by atoms with van der Waals surface area (Å²) in [6, 6.07) is 3.50. The summed E-state index contributed by atoms with van der Waals surface area (Å²) in [6.45, 7) is 1.20. The monoisotopic (exact) mass is 299 g/mol. The number of aliphatic hydroxyl groups is 1. The predicted octanol–water partition coefficient (Wildman–Crippen LogP) is 1.88. The standard InChI is InChI=1S/C15H19F2NO3/c1-21-15(20)10-4-3-7-18(8-10)9-13(19)14-11(16)5-2-6-12(14)17/h2,5-6,10,13,19H,3-4,7-9H2,1H3. The van der Waals surface area contributed by atoms with E-state index in [9.17, 15) is 18.7 Å². The molecule has 0 bridgehead atoms. The van der Waals surface area contributed by atoms with Crippen LogP contribution >= 0.6 is 0 Å². The van der Waals surface area contributed by atoms with E-state index in [1.54, 1.807) is 0 Å². The number of β-amino-alcohol motifs (C(OH)–C–C–N with tert-alkyl or cyclic N) is 1. The van der Waals surface area contributed by atoms with Crippen molar-refractivity contribution in [3.8, 4) is 0 Å². The third-order valence-electron chi connectivity index (χ3n) is 3.80. The van der Waals surface area contributed by atoms with Crippen LogP contribution in [-0.4, -0.2) is 42.7 Å². The molecule has 1 aromatic rings. The van der Waals surface area contributed by atoms with Crippen molar-refractivity contribution in [2.24, 2.45) is 5.92 Å². The minimum Gasteiger partial charge on any atom is -0.469 e. The number of esters is 1. The Morgan fingerprint density at radius 1 is 1.48 bits per heavy atom. The fourth-order valence-electron chi connectivity index (χ4n) is 2.75. The predicted molar refractivity (Wildman–Crippen MR) is 72.5 cm³/mol. The quantitative estimate of drug-likeness (QED) is 0.863. The van der Waals surface area contributed by atoms with Gasteiger partial charge in [-0.2, -0.15) is 0 Å². The van der Waals surface area contributed by atoms with E-state index in [-0.39, 0.29) is 24.0 Å². The lowest BCUT2D eigenvalue weighted by Crippen LogP contribution is -2.41. The molecule has 4 nitrogen and oxygen atoms in total. The van der Waals surface area contributed by atoms with Crippen molar-refractivity contribution in [1.29, 1.82) is 0 Å². The summed E-state index contributed by atoms with van der Waals surface area (Å²) in [4.78, 5) is 13.4. The molecule has 1 saturated heterocycles. The smallest absolute Gasteiger partial charge is 0.309 e. The summed E-state index contributed by atoms with van der Waals surface area (Å²) < 4.78 is 32.0. The molecule has 1 heterocycles. The molecule has 0 aliphatic carbocycles. The molecular weight excluding hydrogens is 280 g/mol. The second-order valence-electron chi connectivity index (χ2n) is 5.27. The summed E-state index contributed by atoms with van der Waals surface area (Å²) in [5.41, 5.74) is -0.322. The lowest BCUT2D eigenvalue weighted by atomic mass is 9.97. The van der Waals surface area contributed by atoms with Crippen molar-refractivity contribution in [3.05, 3.63) is 35.4 Å². The van der Waals surface area contributed by atoms with Gasteiger partial charge in [-0.25, -0.2) is 8.78 Å². The Bertz CT molecular complexity index is 489. The van der Waals surface area contributed by atoms with Gasteiger partial charge in [-0.05, 0) is 31.5 Å². The number of nitrogens with zero attached hydrogens (tertiary/aromatic N) is 1. The molecule has 116 valence electrons. The molecule has 1 fully saturated rings. The van der Waals surface area contributed by atoms with Crippen LogP contribution in [0.1, 0.15) is 24.5 Å². The van der Waals surface area contributed by atoms with Gasteiger partial charge in [-0.15, -0.1) is 0 Å². The lowest BCUT2D eigenvalue weighted by Gasteiger charge is -2.32. The van der Waals surface area contributed by atoms with Crippen LogP contribution in [0.25, 0.3) is 0 Å². The summed E-state index contributed by atoms with van der Waals surface area (Å²) in [5.74, 6) is -2.05. The molecule has 1 aliphatic heterocycles. The van der Waals surface area contributed by atoms with Crippen LogP contribution in [0.2, 0.25) is 0 Å². The number of ether oxygens (including phenoxy) is 1. The highest BCUT2D eigenvalue weighted by Crippen LogP contribution is 2.24. The first-order valence-electron chi connectivity index (χ1n) is 6.95. The molecule has 0 aromatic heterocycles. The maximum Gasteiger partial charge on any atom is 0.309 e. The van der Waals surface area contributed by atoms with Gasteiger partial charge in [0.05, 0.1) is 24.7 Å². The molecule has 1 aliphatic rings. The second-order valence-corrected chi connectivity index (χ2v) is 5.27. The number of aliphatic hydroxyl groups excluding tert-OH is 1. The van der Waals surface area contributed by atoms with Gasteiger partial charge < -0.3 is 9.84 Å². The highest BCUT2D eigenvalue weighted by atomic mass is 19.1. The molecular formula is C15H19F2NO3. The number of likely N-dealkylation sites (tertiary alicyclic amines) is 1. The van der Waals surface area contributed by atoms with Crippen LogP contribution in [0, 0.1) is 17.6 Å². The largest absolute Gasteiger partial charge is 0.469 e. The average Bonchev–Trinajstić information content (AvgIpc) is 2.46. The number of carbonyl (C=O) groups is 1. The van der Waals surface area contributed by atoms with Crippen LogP contribution in [0.3, 0.4) is 0 Å². The van der Waals surface area contributed by atoms with E-state index in [2.05, 4.69) is 0 Å². The molecule has 2 atom stereocenters. The van der Waals surface area contributed by atoms with Gasteiger partial charge in [0.1, 0.15) is 11.6 Å². The summed E-state index contributed by atoms with van der Waals surface area (Å²) in [5, 5.41) is 10.1. The Balaban J connectivity index is 2.02. The van der Waals surface area contributed by atoms with E-state index in [4.69, 9.17) is 4.74 Å². The molecule has 0 amide bonds. The van der Waals surface area contributed by atoms with Crippen molar-refractivity contribution in [2.75, 3.05) is 26.7 Å². The van der Waals surface area contributed by atoms with E-state index in [1.807, 2.05) is 4.90 Å². The first-order valence-corrected chi connectivity index (χ1v) is 6.95. The Morgan fingerprint density at radius 3 is 2.76 bits per heavy atom. The van der Waals surface area contributed by atoms with Crippen molar-refractivity contribution in [2.45, 2.75) is 18.9 Å². The zero-order chi connectivity index (χ0) is 15.4. The molecule has 6 heteroatoms. The lowest BCUT2D eigenvalue weighted by molar-refractivity contribution is -0.147. The van der Waals surface area contributed by atoms with Crippen LogP contribution in [0.15, 0.2) is 18.2 Å². The summed E-state index contributed by atoms with van der Waals surface area (Å²) in [7, 11) is 1.34. The minimum absolute atomic E-state index is 0.0886. The fraction of sp³-hybridized carbons (Fsp3) is 0.533. The molecule has 2 unspecified atom stereocenters. The SMILES string of the molecule is COC(=O)C1CCCN(CC(O)c2c(F)cccc2F)C1. The van der Waals surface area contributed by atoms with Crippen molar-refractivity contribution >= 4 is 5.97 Å². The van der Waals surface area contributed by atoms with Crippen LogP contribution in [-0.2, 0) is 9.53 Å². The number of piperidine rings is 1. The van der Waals surface area contributed by atoms with E-state index in [1.165, 1.54) is 13.2 Å². The van der Waals surface area contributed by atoms with Gasteiger partial charge in [0.2, 0.25) is 0 Å².